The third-order valence-electron chi connectivity index (χ3n) is 3.27. The molecule has 0 saturated heterocycles. The Labute approximate surface area is 144 Å². The predicted octanol–water partition coefficient (Wildman–Crippen LogP) is 3.55. The summed E-state index contributed by atoms with van der Waals surface area (Å²) in [5.74, 6) is 2.44. The van der Waals surface area contributed by atoms with E-state index in [0.29, 0.717) is 17.7 Å². The number of nitrogens with one attached hydrogen (secondary N) is 1. The highest BCUT2D eigenvalue weighted by Gasteiger charge is 2.10. The molecule has 0 aliphatic rings. The minimum absolute atomic E-state index is 0.479. The lowest BCUT2D eigenvalue weighted by molar-refractivity contribution is 0.399. The van der Waals surface area contributed by atoms with Gasteiger partial charge in [-0.2, -0.15) is 16.7 Å². The molecule has 0 aliphatic heterocycles. The van der Waals surface area contributed by atoms with E-state index in [1.54, 1.807) is 25.1 Å². The van der Waals surface area contributed by atoms with Gasteiger partial charge < -0.3 is 10.1 Å². The van der Waals surface area contributed by atoms with Gasteiger partial charge in [-0.25, -0.2) is 15.0 Å². The van der Waals surface area contributed by atoms with Gasteiger partial charge in [-0.3, -0.25) is 0 Å². The molecule has 0 bridgehead atoms. The molecule has 0 fully saturated rings. The Balaban J connectivity index is 1.87. The van der Waals surface area contributed by atoms with Gasteiger partial charge in [-0.1, -0.05) is 12.1 Å². The van der Waals surface area contributed by atoms with Crippen molar-refractivity contribution in [1.29, 1.82) is 0 Å². The van der Waals surface area contributed by atoms with Gasteiger partial charge in [0.1, 0.15) is 6.33 Å². The molecule has 2 heterocycles. The van der Waals surface area contributed by atoms with Crippen LogP contribution in [0.5, 0.6) is 5.88 Å². The Morgan fingerprint density at radius 3 is 2.88 bits per heavy atom. The molecule has 0 amide bonds. The van der Waals surface area contributed by atoms with E-state index in [-0.39, 0.29) is 0 Å². The average Bonchev–Trinajstić information content (AvgIpc) is 2.62. The van der Waals surface area contributed by atoms with Crippen LogP contribution >= 0.6 is 11.8 Å². The van der Waals surface area contributed by atoms with Gasteiger partial charge in [0, 0.05) is 17.6 Å². The Hall–Kier alpha value is -2.67. The molecule has 0 spiro atoms. The molecule has 1 N–H and O–H groups in total. The molecule has 6 nitrogen and oxygen atoms in total. The molecule has 0 radical (unpaired) electrons. The molecule has 1 aromatic carbocycles. The second-order valence-electron chi connectivity index (χ2n) is 4.95. The standard InChI is InChI=1S/C17H17N5OS/c1-23-16-14(7-4-8-18-16)15-19-11-20-17(22-15)21-13-6-3-5-12(9-13)10-24-2/h3-9,11H,10H2,1-2H3,(H,19,20,21,22). The maximum absolute atomic E-state index is 5.27. The molecule has 3 rings (SSSR count). The topological polar surface area (TPSA) is 72.8 Å². The number of anilines is 2. The fraction of sp³-hybridized carbons (Fsp3) is 0.176. The number of aromatic nitrogens is 4. The normalized spacial score (nSPS) is 10.4. The highest BCUT2D eigenvalue weighted by Crippen LogP contribution is 2.25. The summed E-state index contributed by atoms with van der Waals surface area (Å²) in [4.78, 5) is 17.1. The predicted molar refractivity (Wildman–Crippen MR) is 96.6 cm³/mol. The number of benzene rings is 1. The lowest BCUT2D eigenvalue weighted by Gasteiger charge is -2.09. The number of methoxy groups -OCH3 is 1. The van der Waals surface area contributed by atoms with Gasteiger partial charge in [0.2, 0.25) is 11.8 Å². The van der Waals surface area contributed by atoms with Gasteiger partial charge in [0.05, 0.1) is 12.7 Å². The number of ether oxygens (including phenoxy) is 1. The molecule has 24 heavy (non-hydrogen) atoms. The van der Waals surface area contributed by atoms with Crippen molar-refractivity contribution in [2.24, 2.45) is 0 Å². The van der Waals surface area contributed by atoms with Crippen molar-refractivity contribution in [3.63, 3.8) is 0 Å². The van der Waals surface area contributed by atoms with Crippen LogP contribution in [0.3, 0.4) is 0 Å². The lowest BCUT2D eigenvalue weighted by atomic mass is 10.2. The van der Waals surface area contributed by atoms with Crippen LogP contribution in [-0.4, -0.2) is 33.3 Å². The van der Waals surface area contributed by atoms with Crippen LogP contribution in [0.4, 0.5) is 11.6 Å². The van der Waals surface area contributed by atoms with Gasteiger partial charge in [0.15, 0.2) is 5.82 Å². The summed E-state index contributed by atoms with van der Waals surface area (Å²) in [5.41, 5.74) is 2.91. The Bertz CT molecular complexity index is 827. The second-order valence-corrected chi connectivity index (χ2v) is 5.82. The fourth-order valence-electron chi connectivity index (χ4n) is 2.24. The van der Waals surface area contributed by atoms with Crippen molar-refractivity contribution in [1.82, 2.24) is 19.9 Å². The first kappa shape index (κ1) is 16.2. The first-order chi connectivity index (χ1) is 11.8. The summed E-state index contributed by atoms with van der Waals surface area (Å²) in [7, 11) is 1.57. The monoisotopic (exact) mass is 339 g/mol. The molecule has 0 aliphatic carbocycles. The van der Waals surface area contributed by atoms with Crippen LogP contribution in [0.1, 0.15) is 5.56 Å². The van der Waals surface area contributed by atoms with Crippen molar-refractivity contribution < 1.29 is 4.74 Å². The van der Waals surface area contributed by atoms with E-state index in [9.17, 15) is 0 Å². The largest absolute Gasteiger partial charge is 0.480 e. The van der Waals surface area contributed by atoms with Crippen LogP contribution in [0.2, 0.25) is 0 Å². The van der Waals surface area contributed by atoms with Crippen molar-refractivity contribution in [3.05, 3.63) is 54.5 Å². The molecular formula is C17H17N5OS. The van der Waals surface area contributed by atoms with Crippen LogP contribution in [0.15, 0.2) is 48.9 Å². The highest BCUT2D eigenvalue weighted by molar-refractivity contribution is 7.97. The first-order valence-corrected chi connectivity index (χ1v) is 8.73. The Morgan fingerprint density at radius 2 is 2.04 bits per heavy atom. The van der Waals surface area contributed by atoms with Gasteiger partial charge >= 0.3 is 0 Å². The quantitative estimate of drug-likeness (QED) is 0.736. The molecular weight excluding hydrogens is 322 g/mol. The summed E-state index contributed by atoms with van der Waals surface area (Å²) >= 11 is 1.78. The number of nitrogens with zero attached hydrogens (tertiary/aromatic N) is 4. The Morgan fingerprint density at radius 1 is 1.12 bits per heavy atom. The van der Waals surface area contributed by atoms with E-state index in [1.807, 2.05) is 24.3 Å². The zero-order valence-electron chi connectivity index (χ0n) is 13.4. The van der Waals surface area contributed by atoms with Gasteiger partial charge in [-0.15, -0.1) is 0 Å². The van der Waals surface area contributed by atoms with E-state index in [4.69, 9.17) is 4.74 Å². The van der Waals surface area contributed by atoms with E-state index < -0.39 is 0 Å². The molecule has 0 saturated carbocycles. The smallest absolute Gasteiger partial charge is 0.230 e. The van der Waals surface area contributed by atoms with Crippen molar-refractivity contribution in [3.8, 4) is 17.3 Å². The minimum atomic E-state index is 0.479. The van der Waals surface area contributed by atoms with Crippen molar-refractivity contribution in [2.45, 2.75) is 5.75 Å². The number of pyridine rings is 1. The molecule has 122 valence electrons. The van der Waals surface area contributed by atoms with E-state index in [0.717, 1.165) is 17.0 Å². The van der Waals surface area contributed by atoms with E-state index >= 15 is 0 Å². The molecule has 0 unspecified atom stereocenters. The zero-order valence-corrected chi connectivity index (χ0v) is 14.2. The van der Waals surface area contributed by atoms with Crippen LogP contribution < -0.4 is 10.1 Å². The zero-order chi connectivity index (χ0) is 16.8. The van der Waals surface area contributed by atoms with Crippen LogP contribution in [-0.2, 0) is 5.75 Å². The van der Waals surface area contributed by atoms with Crippen molar-refractivity contribution in [2.75, 3.05) is 18.7 Å². The van der Waals surface area contributed by atoms with Crippen molar-refractivity contribution >= 4 is 23.4 Å². The first-order valence-electron chi connectivity index (χ1n) is 7.33. The van der Waals surface area contributed by atoms with Gasteiger partial charge in [-0.05, 0) is 36.1 Å². The number of thioether (sulfide) groups is 1. The lowest BCUT2D eigenvalue weighted by Crippen LogP contribution is -2.01. The second kappa shape index (κ2) is 7.74. The molecule has 3 aromatic rings. The van der Waals surface area contributed by atoms with Gasteiger partial charge in [0.25, 0.3) is 0 Å². The molecule has 2 aromatic heterocycles. The third-order valence-corrected chi connectivity index (χ3v) is 3.89. The minimum Gasteiger partial charge on any atom is -0.480 e. The number of hydrogen-bond donors (Lipinski definition) is 1. The highest BCUT2D eigenvalue weighted by atomic mass is 32.2. The maximum atomic E-state index is 5.27. The molecule has 7 heteroatoms. The fourth-order valence-corrected chi connectivity index (χ4v) is 2.76. The van der Waals surface area contributed by atoms with Crippen LogP contribution in [0, 0.1) is 0 Å². The van der Waals surface area contributed by atoms with E-state index in [2.05, 4.69) is 43.6 Å². The maximum Gasteiger partial charge on any atom is 0.230 e. The summed E-state index contributed by atoms with van der Waals surface area (Å²) in [6.07, 6.45) is 5.22. The van der Waals surface area contributed by atoms with E-state index in [1.165, 1.54) is 11.9 Å². The number of hydrogen-bond acceptors (Lipinski definition) is 7. The Kier molecular flexibility index (Phi) is 5.22. The van der Waals surface area contributed by atoms with Crippen LogP contribution in [0.25, 0.3) is 11.4 Å². The summed E-state index contributed by atoms with van der Waals surface area (Å²) in [6.45, 7) is 0. The SMILES string of the molecule is COc1ncccc1-c1ncnc(Nc2cccc(CSC)c2)n1. The average molecular weight is 339 g/mol. The summed E-state index contributed by atoms with van der Waals surface area (Å²) < 4.78 is 5.27. The summed E-state index contributed by atoms with van der Waals surface area (Å²) in [5, 5.41) is 3.22. The number of rotatable bonds is 6. The third kappa shape index (κ3) is 3.80. The molecule has 0 atom stereocenters. The summed E-state index contributed by atoms with van der Waals surface area (Å²) in [6, 6.07) is 11.9.